The van der Waals surface area contributed by atoms with Crippen molar-refractivity contribution in [3.05, 3.63) is 64.9 Å². The molecular formula is C46H59N5O9. The van der Waals surface area contributed by atoms with Crippen LogP contribution in [0.5, 0.6) is 5.75 Å². The van der Waals surface area contributed by atoms with Crippen molar-refractivity contribution in [2.75, 3.05) is 71.7 Å². The van der Waals surface area contributed by atoms with Gasteiger partial charge in [0.1, 0.15) is 11.2 Å². The van der Waals surface area contributed by atoms with E-state index in [-0.39, 0.29) is 29.8 Å². The Hall–Kier alpha value is -4.63. The average molecular weight is 826 g/mol. The van der Waals surface area contributed by atoms with Crippen molar-refractivity contribution in [2.45, 2.75) is 99.5 Å². The highest BCUT2D eigenvalue weighted by molar-refractivity contribution is 5.97. The Kier molecular flexibility index (Phi) is 9.48. The number of fused-ring (bicyclic) bond motifs is 6. The van der Waals surface area contributed by atoms with E-state index >= 15 is 4.79 Å². The standard InChI is InChI=1S/C46H59N5O9/c1-8-42(55)22-27-23-45(40(53)58-6,36-29(15-19-50(24-27)25-42)28-13-10-11-14-32(28)48-36)31-21-30-34(33(47)35(31)57-5)49(4)38-44(30)17-20-51-18-12-16-43(9-2,37(44)51)39(60-26(3)52)46(38,56)41(54)59-7/h10-14,16,21,27,37-39,48,55-56H,8-9,15,17-20,22-25,47H2,1-7H3/t27-,37-,38+,39+,42-,43+,44?,45-,46-/m0/s1. The van der Waals surface area contributed by atoms with Crippen LogP contribution in [-0.4, -0.2) is 133 Å². The Balaban J connectivity index is 1.39. The van der Waals surface area contributed by atoms with Gasteiger partial charge in [-0.1, -0.05) is 44.2 Å². The second kappa shape index (κ2) is 13.9. The summed E-state index contributed by atoms with van der Waals surface area (Å²) in [6.07, 6.45) is 5.63. The highest BCUT2D eigenvalue weighted by Crippen LogP contribution is 2.69. The number of aromatic nitrogens is 1. The van der Waals surface area contributed by atoms with Gasteiger partial charge in [-0.25, -0.2) is 4.79 Å². The molecule has 6 aliphatic rings. The van der Waals surface area contributed by atoms with E-state index in [4.69, 9.17) is 24.7 Å². The van der Waals surface area contributed by atoms with E-state index in [0.717, 1.165) is 22.0 Å². The number of H-pyrrole nitrogens is 1. The number of nitrogens with one attached hydrogen (secondary N) is 1. The molecule has 60 heavy (non-hydrogen) atoms. The molecule has 2 saturated heterocycles. The number of methoxy groups -OCH3 is 3. The Morgan fingerprint density at radius 1 is 0.983 bits per heavy atom. The van der Waals surface area contributed by atoms with Crippen molar-refractivity contribution in [3.63, 3.8) is 0 Å². The number of hydrogen-bond acceptors (Lipinski definition) is 13. The molecule has 14 heteroatoms. The molecule has 2 unspecified atom stereocenters. The molecule has 3 aromatic rings. The van der Waals surface area contributed by atoms with Crippen LogP contribution in [0.3, 0.4) is 0 Å². The molecule has 3 fully saturated rings. The number of carbonyl (C=O) groups excluding carboxylic acids is 3. The number of benzene rings is 2. The predicted octanol–water partition coefficient (Wildman–Crippen LogP) is 3.57. The molecule has 6 heterocycles. The van der Waals surface area contributed by atoms with Crippen LogP contribution in [0.15, 0.2) is 42.5 Å². The number of anilines is 2. The van der Waals surface area contributed by atoms with Crippen molar-refractivity contribution in [2.24, 2.45) is 11.3 Å². The number of para-hydroxylation sites is 1. The Bertz CT molecular complexity index is 2310. The smallest absolute Gasteiger partial charge is 0.344 e. The number of piperidine rings is 1. The van der Waals surface area contributed by atoms with Crippen molar-refractivity contribution < 1.29 is 43.5 Å². The van der Waals surface area contributed by atoms with Crippen molar-refractivity contribution >= 4 is 40.2 Å². The third-order valence-corrected chi connectivity index (χ3v) is 15.7. The molecule has 0 radical (unpaired) electrons. The van der Waals surface area contributed by atoms with Gasteiger partial charge in [-0.05, 0) is 74.2 Å². The maximum Gasteiger partial charge on any atom is 0.344 e. The van der Waals surface area contributed by atoms with E-state index < -0.39 is 57.5 Å². The summed E-state index contributed by atoms with van der Waals surface area (Å²) in [4.78, 5) is 53.2. The summed E-state index contributed by atoms with van der Waals surface area (Å²) in [7, 11) is 5.99. The fourth-order valence-electron chi connectivity index (χ4n) is 13.7. The predicted molar refractivity (Wildman–Crippen MR) is 225 cm³/mol. The molecule has 1 spiro atoms. The molecule has 0 amide bonds. The summed E-state index contributed by atoms with van der Waals surface area (Å²) in [5, 5.41) is 26.4. The van der Waals surface area contributed by atoms with Gasteiger partial charge in [0.25, 0.3) is 0 Å². The van der Waals surface area contributed by atoms with Crippen molar-refractivity contribution in [3.8, 4) is 5.75 Å². The minimum Gasteiger partial charge on any atom is -0.494 e. The summed E-state index contributed by atoms with van der Waals surface area (Å²) >= 11 is 0. The second-order valence-electron chi connectivity index (χ2n) is 18.4. The molecule has 5 aliphatic heterocycles. The Labute approximate surface area is 350 Å². The SMILES string of the molecule is CC[C@]1(O)C[C@@H]2CN(CCc3c([nH]c4ccccc34)[C@@](C(=O)OC)(c3cc4c(c(N)c3OC)N(C)[C@@H]3C45CCN4CC=C[C@](CC)([C@H]45)[C@@H](OC(C)=O)[C@]3(O)C(=O)OC)C2)C1. The van der Waals surface area contributed by atoms with E-state index in [1.165, 1.54) is 21.1 Å². The van der Waals surface area contributed by atoms with Crippen LogP contribution >= 0.6 is 0 Å². The number of carbonyl (C=O) groups is 3. The largest absolute Gasteiger partial charge is 0.494 e. The monoisotopic (exact) mass is 825 g/mol. The van der Waals surface area contributed by atoms with Gasteiger partial charge in [-0.3, -0.25) is 19.4 Å². The first kappa shape index (κ1) is 40.8. The molecule has 5 N–H and O–H groups in total. The van der Waals surface area contributed by atoms with Crippen LogP contribution < -0.4 is 15.4 Å². The first-order valence-electron chi connectivity index (χ1n) is 21.4. The molecule has 2 aromatic carbocycles. The quantitative estimate of drug-likeness (QED) is 0.118. The minimum atomic E-state index is -2.36. The lowest BCUT2D eigenvalue weighted by Gasteiger charge is -2.63. The lowest BCUT2D eigenvalue weighted by Crippen LogP contribution is -2.81. The maximum absolute atomic E-state index is 15.4. The molecular weight excluding hydrogens is 767 g/mol. The molecule has 10 atom stereocenters. The Morgan fingerprint density at radius 2 is 1.73 bits per heavy atom. The number of nitrogens with zero attached hydrogens (tertiary/aromatic N) is 3. The number of esters is 3. The van der Waals surface area contributed by atoms with Crippen LogP contribution in [0.25, 0.3) is 10.9 Å². The van der Waals surface area contributed by atoms with E-state index in [1.807, 2.05) is 55.2 Å². The van der Waals surface area contributed by atoms with Gasteiger partial charge in [-0.2, -0.15) is 0 Å². The van der Waals surface area contributed by atoms with Gasteiger partial charge < -0.3 is 44.8 Å². The number of hydrogen-bond donors (Lipinski definition) is 4. The van der Waals surface area contributed by atoms with Gasteiger partial charge in [0.2, 0.25) is 5.60 Å². The third kappa shape index (κ3) is 5.10. The number of likely N-dealkylation sites (N-methyl/N-ethyl adjacent to an activating group) is 1. The van der Waals surface area contributed by atoms with E-state index in [2.05, 4.69) is 20.9 Å². The summed E-state index contributed by atoms with van der Waals surface area (Å²) in [6.45, 7) is 8.42. The number of nitrogen functional groups attached to an aromatic ring is 1. The lowest BCUT2D eigenvalue weighted by atomic mass is 9.47. The third-order valence-electron chi connectivity index (χ3n) is 15.7. The molecule has 1 aliphatic carbocycles. The van der Waals surface area contributed by atoms with Crippen molar-refractivity contribution in [1.29, 1.82) is 0 Å². The molecule has 1 aromatic heterocycles. The summed E-state index contributed by atoms with van der Waals surface area (Å²) in [5.41, 5.74) is 5.24. The van der Waals surface area contributed by atoms with Gasteiger partial charge in [-0.15, -0.1) is 0 Å². The topological polar surface area (TPSA) is 180 Å². The normalized spacial score (nSPS) is 36.5. The molecule has 322 valence electrons. The fraction of sp³-hybridized carbons (Fsp3) is 0.587. The highest BCUT2D eigenvalue weighted by atomic mass is 16.6. The van der Waals surface area contributed by atoms with Crippen LogP contribution in [0, 0.1) is 11.3 Å². The van der Waals surface area contributed by atoms with Crippen LogP contribution in [0.2, 0.25) is 0 Å². The van der Waals surface area contributed by atoms with Gasteiger partial charge in [0.05, 0.1) is 44.3 Å². The number of aromatic amines is 1. The second-order valence-corrected chi connectivity index (χ2v) is 18.4. The van der Waals surface area contributed by atoms with Crippen LogP contribution in [0.1, 0.15) is 75.3 Å². The number of ether oxygens (including phenoxy) is 4. The number of aliphatic hydroxyl groups is 2. The molecule has 9 rings (SSSR count). The molecule has 14 nitrogen and oxygen atoms in total. The Morgan fingerprint density at radius 3 is 2.42 bits per heavy atom. The van der Waals surface area contributed by atoms with E-state index in [9.17, 15) is 19.8 Å². The average Bonchev–Trinajstić information content (AvgIpc) is 3.90. The first-order valence-corrected chi connectivity index (χ1v) is 21.4. The summed E-state index contributed by atoms with van der Waals surface area (Å²) < 4.78 is 23.9. The summed E-state index contributed by atoms with van der Waals surface area (Å²) in [5.74, 6) is -1.90. The van der Waals surface area contributed by atoms with Gasteiger partial charge in [0, 0.05) is 79.2 Å². The van der Waals surface area contributed by atoms with Gasteiger partial charge in [0.15, 0.2) is 6.10 Å². The zero-order valence-electron chi connectivity index (χ0n) is 35.8. The summed E-state index contributed by atoms with van der Waals surface area (Å²) in [6, 6.07) is 8.73. The zero-order valence-corrected chi connectivity index (χ0v) is 35.8. The minimum absolute atomic E-state index is 0.144. The van der Waals surface area contributed by atoms with E-state index in [1.54, 1.807) is 14.2 Å². The zero-order chi connectivity index (χ0) is 42.7. The van der Waals surface area contributed by atoms with Gasteiger partial charge >= 0.3 is 17.9 Å². The first-order chi connectivity index (χ1) is 28.6. The number of nitrogens with two attached hydrogens (primary N) is 1. The lowest BCUT2D eigenvalue weighted by molar-refractivity contribution is -0.228. The molecule has 1 saturated carbocycles. The van der Waals surface area contributed by atoms with Crippen LogP contribution in [0.4, 0.5) is 11.4 Å². The fourth-order valence-corrected chi connectivity index (χ4v) is 13.7. The number of rotatable bonds is 7. The van der Waals surface area contributed by atoms with E-state index in [0.29, 0.717) is 81.8 Å². The van der Waals surface area contributed by atoms with Crippen LogP contribution in [-0.2, 0) is 45.8 Å². The maximum atomic E-state index is 15.4. The highest BCUT2D eigenvalue weighted by Gasteiger charge is 2.80. The molecule has 2 bridgehead atoms. The van der Waals surface area contributed by atoms with Crippen molar-refractivity contribution in [1.82, 2.24) is 14.8 Å².